The van der Waals surface area contributed by atoms with E-state index in [-0.39, 0.29) is 5.91 Å². The van der Waals surface area contributed by atoms with Gasteiger partial charge < -0.3 is 9.88 Å². The van der Waals surface area contributed by atoms with Crippen LogP contribution in [0.4, 0.5) is 5.13 Å². The van der Waals surface area contributed by atoms with Gasteiger partial charge in [0, 0.05) is 37.1 Å². The largest absolute Gasteiger partial charge is 0.344 e. The Morgan fingerprint density at radius 1 is 1.53 bits per heavy atom. The maximum Gasteiger partial charge on any atom is 0.274 e. The number of carbonyl (C=O) groups excluding carboxylic acids is 1. The van der Waals surface area contributed by atoms with Crippen molar-refractivity contribution in [2.75, 3.05) is 11.9 Å². The number of fused-ring (bicyclic) bond motifs is 1. The minimum Gasteiger partial charge on any atom is -0.344 e. The Labute approximate surface area is 115 Å². The van der Waals surface area contributed by atoms with Crippen LogP contribution in [-0.2, 0) is 20.0 Å². The number of hydrogen-bond donors (Lipinski definition) is 2. The van der Waals surface area contributed by atoms with Gasteiger partial charge >= 0.3 is 0 Å². The summed E-state index contributed by atoms with van der Waals surface area (Å²) in [5.41, 5.74) is 2.83. The summed E-state index contributed by atoms with van der Waals surface area (Å²) >= 11 is 1.56. The van der Waals surface area contributed by atoms with Crippen LogP contribution < -0.4 is 10.6 Å². The van der Waals surface area contributed by atoms with E-state index in [1.54, 1.807) is 11.3 Å². The van der Waals surface area contributed by atoms with Gasteiger partial charge in [0.05, 0.1) is 5.69 Å². The normalized spacial score (nSPS) is 14.2. The van der Waals surface area contributed by atoms with E-state index in [2.05, 4.69) is 15.6 Å². The van der Waals surface area contributed by atoms with Crippen molar-refractivity contribution in [2.45, 2.75) is 19.9 Å². The van der Waals surface area contributed by atoms with Gasteiger partial charge in [0.25, 0.3) is 5.91 Å². The maximum atomic E-state index is 12.2. The molecule has 0 atom stereocenters. The fourth-order valence-corrected chi connectivity index (χ4v) is 3.15. The first-order chi connectivity index (χ1) is 9.15. The van der Waals surface area contributed by atoms with Crippen molar-refractivity contribution in [1.29, 1.82) is 0 Å². The van der Waals surface area contributed by atoms with E-state index in [4.69, 9.17) is 0 Å². The van der Waals surface area contributed by atoms with Crippen LogP contribution in [0.15, 0.2) is 12.1 Å². The van der Waals surface area contributed by atoms with E-state index in [0.29, 0.717) is 10.8 Å². The summed E-state index contributed by atoms with van der Waals surface area (Å²) in [6.07, 6.45) is 0.935. The van der Waals surface area contributed by atoms with Gasteiger partial charge in [-0.3, -0.25) is 10.1 Å². The molecule has 0 radical (unpaired) electrons. The number of anilines is 1. The summed E-state index contributed by atoms with van der Waals surface area (Å²) in [5.74, 6) is -0.102. The molecule has 6 heteroatoms. The Kier molecular flexibility index (Phi) is 3.12. The van der Waals surface area contributed by atoms with Crippen molar-refractivity contribution >= 4 is 22.4 Å². The number of nitrogens with zero attached hydrogens (tertiary/aromatic N) is 2. The smallest absolute Gasteiger partial charge is 0.274 e. The number of amides is 1. The predicted molar refractivity (Wildman–Crippen MR) is 75.6 cm³/mol. The topological polar surface area (TPSA) is 59.0 Å². The molecular formula is C13H16N4OS. The van der Waals surface area contributed by atoms with Gasteiger partial charge in [0.1, 0.15) is 5.69 Å². The molecule has 1 aliphatic heterocycles. The number of rotatable bonds is 2. The molecule has 0 fully saturated rings. The maximum absolute atomic E-state index is 12.2. The lowest BCUT2D eigenvalue weighted by Crippen LogP contribution is -2.22. The van der Waals surface area contributed by atoms with Crippen molar-refractivity contribution in [3.63, 3.8) is 0 Å². The fourth-order valence-electron chi connectivity index (χ4n) is 2.18. The quantitative estimate of drug-likeness (QED) is 0.877. The molecule has 0 saturated carbocycles. The lowest BCUT2D eigenvalue weighted by atomic mass is 10.2. The highest BCUT2D eigenvalue weighted by atomic mass is 32.1. The van der Waals surface area contributed by atoms with Gasteiger partial charge in [-0.1, -0.05) is 0 Å². The number of nitrogens with one attached hydrogen (secondary N) is 2. The molecule has 0 spiro atoms. The highest BCUT2D eigenvalue weighted by Crippen LogP contribution is 2.25. The summed E-state index contributed by atoms with van der Waals surface area (Å²) in [6.45, 7) is 3.79. The minimum absolute atomic E-state index is 0.102. The number of thiazole rings is 1. The number of carbonyl (C=O) groups is 1. The Morgan fingerprint density at radius 3 is 3.05 bits per heavy atom. The van der Waals surface area contributed by atoms with Crippen LogP contribution in [0.3, 0.4) is 0 Å². The van der Waals surface area contributed by atoms with E-state index in [1.807, 2.05) is 30.7 Å². The molecule has 0 saturated heterocycles. The van der Waals surface area contributed by atoms with E-state index in [9.17, 15) is 4.79 Å². The zero-order valence-corrected chi connectivity index (χ0v) is 11.8. The standard InChI is InChI=1S/C13H16N4OS/c1-8-3-4-10(17(8)2)12(18)16-13-15-9-5-6-14-7-11(9)19-13/h3-4,14H,5-7H2,1-2H3,(H,15,16,18). The molecular weight excluding hydrogens is 260 g/mol. The Hall–Kier alpha value is -1.66. The van der Waals surface area contributed by atoms with Crippen molar-refractivity contribution in [3.8, 4) is 0 Å². The molecule has 0 bridgehead atoms. The molecule has 2 aromatic rings. The molecule has 3 heterocycles. The van der Waals surface area contributed by atoms with Crippen LogP contribution in [0.5, 0.6) is 0 Å². The predicted octanol–water partition coefficient (Wildman–Crippen LogP) is 1.69. The monoisotopic (exact) mass is 276 g/mol. The lowest BCUT2D eigenvalue weighted by Gasteiger charge is -2.09. The highest BCUT2D eigenvalue weighted by molar-refractivity contribution is 7.15. The van der Waals surface area contributed by atoms with Gasteiger partial charge in [-0.25, -0.2) is 4.98 Å². The number of aryl methyl sites for hydroxylation is 1. The van der Waals surface area contributed by atoms with Crippen molar-refractivity contribution < 1.29 is 4.79 Å². The van der Waals surface area contributed by atoms with Crippen molar-refractivity contribution in [2.24, 2.45) is 7.05 Å². The summed E-state index contributed by atoms with van der Waals surface area (Å²) < 4.78 is 1.88. The van der Waals surface area contributed by atoms with Gasteiger partial charge in [-0.15, -0.1) is 11.3 Å². The zero-order chi connectivity index (χ0) is 13.4. The average molecular weight is 276 g/mol. The molecule has 5 nitrogen and oxygen atoms in total. The van der Waals surface area contributed by atoms with Gasteiger partial charge in [-0.2, -0.15) is 0 Å². The molecule has 1 amide bonds. The summed E-state index contributed by atoms with van der Waals surface area (Å²) in [7, 11) is 1.89. The lowest BCUT2D eigenvalue weighted by molar-refractivity contribution is 0.101. The third-order valence-electron chi connectivity index (χ3n) is 3.43. The molecule has 2 N–H and O–H groups in total. The molecule has 1 aliphatic rings. The average Bonchev–Trinajstić information content (AvgIpc) is 2.93. The van der Waals surface area contributed by atoms with Crippen LogP contribution in [-0.4, -0.2) is 22.0 Å². The number of hydrogen-bond acceptors (Lipinski definition) is 4. The summed E-state index contributed by atoms with van der Waals surface area (Å²) in [6, 6.07) is 3.77. The number of aromatic nitrogens is 2. The van der Waals surface area contributed by atoms with Gasteiger partial charge in [0.15, 0.2) is 5.13 Å². The Bertz CT molecular complexity index is 605. The molecule has 0 aliphatic carbocycles. The second-order valence-corrected chi connectivity index (χ2v) is 5.77. The first kappa shape index (κ1) is 12.4. The van der Waals surface area contributed by atoms with E-state index in [1.165, 1.54) is 4.88 Å². The van der Waals surface area contributed by atoms with E-state index >= 15 is 0 Å². The fraction of sp³-hybridized carbons (Fsp3) is 0.385. The third-order valence-corrected chi connectivity index (χ3v) is 4.44. The van der Waals surface area contributed by atoms with Crippen molar-refractivity contribution in [3.05, 3.63) is 34.1 Å². The molecule has 19 heavy (non-hydrogen) atoms. The first-order valence-electron chi connectivity index (χ1n) is 6.28. The minimum atomic E-state index is -0.102. The van der Waals surface area contributed by atoms with Crippen LogP contribution >= 0.6 is 11.3 Å². The van der Waals surface area contributed by atoms with Gasteiger partial charge in [-0.05, 0) is 19.1 Å². The molecule has 0 aromatic carbocycles. The molecule has 100 valence electrons. The highest BCUT2D eigenvalue weighted by Gasteiger charge is 2.17. The zero-order valence-electron chi connectivity index (χ0n) is 11.0. The van der Waals surface area contributed by atoms with Crippen molar-refractivity contribution in [1.82, 2.24) is 14.9 Å². The second-order valence-electron chi connectivity index (χ2n) is 4.69. The van der Waals surface area contributed by atoms with Crippen LogP contribution in [0.2, 0.25) is 0 Å². The first-order valence-corrected chi connectivity index (χ1v) is 7.10. The summed E-state index contributed by atoms with van der Waals surface area (Å²) in [5, 5.41) is 6.89. The molecule has 3 rings (SSSR count). The molecule has 2 aromatic heterocycles. The van der Waals surface area contributed by atoms with Crippen LogP contribution in [0.1, 0.15) is 26.8 Å². The van der Waals surface area contributed by atoms with Crippen LogP contribution in [0.25, 0.3) is 0 Å². The van der Waals surface area contributed by atoms with E-state index in [0.717, 1.165) is 30.9 Å². The molecule has 0 unspecified atom stereocenters. The van der Waals surface area contributed by atoms with E-state index < -0.39 is 0 Å². The van der Waals surface area contributed by atoms with Crippen LogP contribution in [0, 0.1) is 6.92 Å². The summed E-state index contributed by atoms with van der Waals surface area (Å²) in [4.78, 5) is 17.9. The van der Waals surface area contributed by atoms with Gasteiger partial charge in [0.2, 0.25) is 0 Å². The second kappa shape index (κ2) is 4.79. The SMILES string of the molecule is Cc1ccc(C(=O)Nc2nc3c(s2)CNCC3)n1C. The Morgan fingerprint density at radius 2 is 2.37 bits per heavy atom. The Balaban J connectivity index is 1.79. The third kappa shape index (κ3) is 2.29.